The van der Waals surface area contributed by atoms with Crippen molar-refractivity contribution in [2.24, 2.45) is 0 Å². The van der Waals surface area contributed by atoms with Crippen LogP contribution in [0.4, 0.5) is 5.69 Å². The maximum Gasteiger partial charge on any atom is 0.269 e. The molecular weight excluding hydrogens is 332 g/mol. The van der Waals surface area contributed by atoms with Gasteiger partial charge in [0.25, 0.3) is 11.6 Å². The Kier molecular flexibility index (Phi) is 3.66. The molecule has 128 valence electrons. The van der Waals surface area contributed by atoms with E-state index in [0.717, 1.165) is 28.5 Å². The van der Waals surface area contributed by atoms with Gasteiger partial charge in [-0.2, -0.15) is 5.26 Å². The van der Waals surface area contributed by atoms with Crippen molar-refractivity contribution >= 4 is 22.5 Å². The van der Waals surface area contributed by atoms with Gasteiger partial charge in [-0.3, -0.25) is 14.9 Å². The van der Waals surface area contributed by atoms with E-state index in [4.69, 9.17) is 0 Å². The number of nitrogens with zero attached hydrogens (tertiary/aromatic N) is 3. The zero-order valence-electron chi connectivity index (χ0n) is 13.7. The largest absolute Gasteiger partial charge is 0.351 e. The molecule has 0 atom stereocenters. The van der Waals surface area contributed by atoms with Gasteiger partial charge in [0.15, 0.2) is 0 Å². The van der Waals surface area contributed by atoms with Crippen molar-refractivity contribution in [1.29, 1.82) is 5.26 Å². The lowest BCUT2D eigenvalue weighted by molar-refractivity contribution is -0.384. The lowest BCUT2D eigenvalue weighted by Gasteiger charge is -2.11. The fourth-order valence-corrected chi connectivity index (χ4v) is 3.41. The first kappa shape index (κ1) is 15.8. The number of aromatic nitrogens is 1. The minimum absolute atomic E-state index is 0.00907. The summed E-state index contributed by atoms with van der Waals surface area (Å²) in [5.41, 5.74) is 3.47. The molecule has 0 aliphatic carbocycles. The molecule has 0 saturated carbocycles. The van der Waals surface area contributed by atoms with E-state index < -0.39 is 4.92 Å². The highest BCUT2D eigenvalue weighted by atomic mass is 16.6. The van der Waals surface area contributed by atoms with Gasteiger partial charge in [-0.05, 0) is 42.3 Å². The van der Waals surface area contributed by atoms with Gasteiger partial charge in [0.05, 0.1) is 22.1 Å². The predicted molar refractivity (Wildman–Crippen MR) is 95.7 cm³/mol. The average molecular weight is 346 g/mol. The summed E-state index contributed by atoms with van der Waals surface area (Å²) in [5.74, 6) is -0.133. The summed E-state index contributed by atoms with van der Waals surface area (Å²) in [6.07, 6.45) is 0.808. The molecule has 1 aliphatic heterocycles. The molecule has 0 radical (unpaired) electrons. The van der Waals surface area contributed by atoms with Crippen LogP contribution in [-0.2, 0) is 6.54 Å². The third-order valence-corrected chi connectivity index (χ3v) is 4.59. The molecule has 26 heavy (non-hydrogen) atoms. The normalized spacial score (nSPS) is 13.6. The van der Waals surface area contributed by atoms with Crippen LogP contribution in [0.1, 0.15) is 22.5 Å². The van der Waals surface area contributed by atoms with Crippen molar-refractivity contribution in [3.05, 3.63) is 63.8 Å². The van der Waals surface area contributed by atoms with Crippen molar-refractivity contribution in [2.45, 2.75) is 13.0 Å². The molecule has 1 amide bonds. The summed E-state index contributed by atoms with van der Waals surface area (Å²) in [4.78, 5) is 22.8. The van der Waals surface area contributed by atoms with E-state index in [9.17, 15) is 20.2 Å². The monoisotopic (exact) mass is 346 g/mol. The van der Waals surface area contributed by atoms with Gasteiger partial charge in [0.2, 0.25) is 0 Å². The first-order valence-corrected chi connectivity index (χ1v) is 8.19. The summed E-state index contributed by atoms with van der Waals surface area (Å²) < 4.78 is 1.97. The smallest absolute Gasteiger partial charge is 0.269 e. The van der Waals surface area contributed by atoms with Crippen LogP contribution in [-0.4, -0.2) is 21.9 Å². The Morgan fingerprint density at radius 1 is 1.19 bits per heavy atom. The molecule has 4 rings (SSSR count). The number of nitrogens with one attached hydrogen (secondary N) is 1. The van der Waals surface area contributed by atoms with Crippen LogP contribution in [0.15, 0.2) is 42.5 Å². The van der Waals surface area contributed by atoms with Crippen molar-refractivity contribution in [3.63, 3.8) is 0 Å². The van der Waals surface area contributed by atoms with Crippen molar-refractivity contribution in [1.82, 2.24) is 9.88 Å². The van der Waals surface area contributed by atoms with Crippen molar-refractivity contribution in [2.75, 3.05) is 6.54 Å². The predicted octanol–water partition coefficient (Wildman–Crippen LogP) is 3.22. The second-order valence-electron chi connectivity index (χ2n) is 6.17. The Bertz CT molecular complexity index is 1090. The molecule has 1 aliphatic rings. The standard InChI is InChI=1S/C19H14N4O3/c20-11-12-8-14-10-17-19(24)21-6-1-7-22(17)18(14)16(9-12)13-2-4-15(5-3-13)23(25)26/h2-5,8-10H,1,6-7H2,(H,21,24). The van der Waals surface area contributed by atoms with Gasteiger partial charge in [-0.15, -0.1) is 0 Å². The molecule has 0 fully saturated rings. The highest BCUT2D eigenvalue weighted by Crippen LogP contribution is 2.34. The Balaban J connectivity index is 1.99. The molecule has 0 unspecified atom stereocenters. The first-order valence-electron chi connectivity index (χ1n) is 8.19. The van der Waals surface area contributed by atoms with E-state index in [1.54, 1.807) is 30.3 Å². The number of nitro benzene ring substituents is 1. The summed E-state index contributed by atoms with van der Waals surface area (Å²) in [5, 5.41) is 23.9. The van der Waals surface area contributed by atoms with Gasteiger partial charge in [-0.25, -0.2) is 0 Å². The number of nitriles is 1. The van der Waals surface area contributed by atoms with Crippen molar-refractivity contribution < 1.29 is 9.72 Å². The van der Waals surface area contributed by atoms with Gasteiger partial charge < -0.3 is 9.88 Å². The summed E-state index contributed by atoms with van der Waals surface area (Å²) >= 11 is 0. The summed E-state index contributed by atoms with van der Waals surface area (Å²) in [6.45, 7) is 1.30. The van der Waals surface area contributed by atoms with Crippen LogP contribution >= 0.6 is 0 Å². The molecule has 3 aromatic rings. The number of nitro groups is 1. The number of fused-ring (bicyclic) bond motifs is 3. The molecule has 2 aromatic carbocycles. The van der Waals surface area contributed by atoms with E-state index in [0.29, 0.717) is 24.3 Å². The van der Waals surface area contributed by atoms with Crippen LogP contribution in [0.2, 0.25) is 0 Å². The van der Waals surface area contributed by atoms with Gasteiger partial charge in [0.1, 0.15) is 5.69 Å². The van der Waals surface area contributed by atoms with E-state index in [2.05, 4.69) is 11.4 Å². The fourth-order valence-electron chi connectivity index (χ4n) is 3.41. The number of aryl methyl sites for hydroxylation is 1. The van der Waals surface area contributed by atoms with Crippen LogP contribution in [0.3, 0.4) is 0 Å². The lowest BCUT2D eigenvalue weighted by atomic mass is 10.00. The molecular formula is C19H14N4O3. The van der Waals surface area contributed by atoms with E-state index in [1.165, 1.54) is 12.1 Å². The van der Waals surface area contributed by atoms with E-state index >= 15 is 0 Å². The molecule has 2 heterocycles. The number of amides is 1. The maximum absolute atomic E-state index is 12.3. The minimum atomic E-state index is -0.446. The number of carbonyl (C=O) groups is 1. The van der Waals surface area contributed by atoms with Crippen LogP contribution in [0.5, 0.6) is 0 Å². The second kappa shape index (κ2) is 6.01. The Labute approximate surface area is 148 Å². The zero-order valence-corrected chi connectivity index (χ0v) is 13.7. The molecule has 7 heteroatoms. The molecule has 0 bridgehead atoms. The van der Waals surface area contributed by atoms with E-state index in [-0.39, 0.29) is 11.6 Å². The Morgan fingerprint density at radius 3 is 2.65 bits per heavy atom. The SMILES string of the molecule is N#Cc1cc(-c2ccc([N+](=O)[O-])cc2)c2c(c1)cc1n2CCCNC1=O. The van der Waals surface area contributed by atoms with Gasteiger partial charge in [0, 0.05) is 36.2 Å². The minimum Gasteiger partial charge on any atom is -0.351 e. The number of rotatable bonds is 2. The molecule has 7 nitrogen and oxygen atoms in total. The number of hydrogen-bond acceptors (Lipinski definition) is 4. The van der Waals surface area contributed by atoms with Crippen LogP contribution in [0, 0.1) is 21.4 Å². The topological polar surface area (TPSA) is 101 Å². The fraction of sp³-hybridized carbons (Fsp3) is 0.158. The zero-order chi connectivity index (χ0) is 18.3. The Hall–Kier alpha value is -3.66. The van der Waals surface area contributed by atoms with Crippen molar-refractivity contribution in [3.8, 4) is 17.2 Å². The Morgan fingerprint density at radius 2 is 1.96 bits per heavy atom. The molecule has 1 aromatic heterocycles. The molecule has 0 spiro atoms. The third kappa shape index (κ3) is 2.48. The number of carbonyl (C=O) groups excluding carboxylic acids is 1. The third-order valence-electron chi connectivity index (χ3n) is 4.59. The number of hydrogen-bond donors (Lipinski definition) is 1. The second-order valence-corrected chi connectivity index (χ2v) is 6.17. The van der Waals surface area contributed by atoms with Gasteiger partial charge >= 0.3 is 0 Å². The maximum atomic E-state index is 12.3. The average Bonchev–Trinajstić information content (AvgIpc) is 2.93. The summed E-state index contributed by atoms with van der Waals surface area (Å²) in [6, 6.07) is 13.7. The quantitative estimate of drug-likeness (QED) is 0.568. The number of benzene rings is 2. The van der Waals surface area contributed by atoms with Gasteiger partial charge in [-0.1, -0.05) is 0 Å². The lowest BCUT2D eigenvalue weighted by Crippen LogP contribution is -2.22. The first-order chi connectivity index (χ1) is 12.6. The van der Waals surface area contributed by atoms with Crippen LogP contribution < -0.4 is 5.32 Å². The highest BCUT2D eigenvalue weighted by molar-refractivity contribution is 6.04. The number of non-ortho nitro benzene ring substituents is 1. The highest BCUT2D eigenvalue weighted by Gasteiger charge is 2.21. The molecule has 1 N–H and O–H groups in total. The molecule has 0 saturated heterocycles. The van der Waals surface area contributed by atoms with Crippen LogP contribution in [0.25, 0.3) is 22.0 Å². The summed E-state index contributed by atoms with van der Waals surface area (Å²) in [7, 11) is 0. The van der Waals surface area contributed by atoms with E-state index in [1.807, 2.05) is 4.57 Å².